The maximum atomic E-state index is 13.2. The van der Waals surface area contributed by atoms with Crippen molar-refractivity contribution in [3.05, 3.63) is 58.6 Å². The smallest absolute Gasteiger partial charge is 0.230 e. The Morgan fingerprint density at radius 1 is 1.04 bits per heavy atom. The summed E-state index contributed by atoms with van der Waals surface area (Å²) in [7, 11) is 3.23. The molecule has 0 heterocycles. The second kappa shape index (κ2) is 8.00. The second-order valence-corrected chi connectivity index (χ2v) is 7.10. The van der Waals surface area contributed by atoms with Crippen molar-refractivity contribution in [3.8, 4) is 11.5 Å². The minimum absolute atomic E-state index is 0.0668. The second-order valence-electron chi connectivity index (χ2n) is 6.67. The zero-order chi connectivity index (χ0) is 18.6. The van der Waals surface area contributed by atoms with Gasteiger partial charge in [0, 0.05) is 11.6 Å². The van der Waals surface area contributed by atoms with Gasteiger partial charge in [-0.1, -0.05) is 42.6 Å². The van der Waals surface area contributed by atoms with E-state index in [1.807, 2.05) is 42.5 Å². The van der Waals surface area contributed by atoms with E-state index in [0.717, 1.165) is 36.8 Å². The molecule has 0 aliphatic heterocycles. The Balaban J connectivity index is 1.83. The first-order valence-electron chi connectivity index (χ1n) is 8.84. The van der Waals surface area contributed by atoms with E-state index in [1.54, 1.807) is 14.2 Å². The molecule has 138 valence electrons. The SMILES string of the molecule is COc1ccc(C2(C(=O)NCc3ccc(Cl)cc3)CCCC2)cc1OC. The summed E-state index contributed by atoms with van der Waals surface area (Å²) in [4.78, 5) is 13.2. The Hall–Kier alpha value is -2.20. The molecule has 0 saturated heterocycles. The average Bonchev–Trinajstić information content (AvgIpc) is 3.18. The van der Waals surface area contributed by atoms with Gasteiger partial charge in [0.1, 0.15) is 0 Å². The Morgan fingerprint density at radius 2 is 1.69 bits per heavy atom. The molecule has 0 unspecified atom stereocenters. The summed E-state index contributed by atoms with van der Waals surface area (Å²) in [5.41, 5.74) is 1.51. The van der Waals surface area contributed by atoms with E-state index in [4.69, 9.17) is 21.1 Å². The predicted molar refractivity (Wildman–Crippen MR) is 103 cm³/mol. The first kappa shape index (κ1) is 18.6. The summed E-state index contributed by atoms with van der Waals surface area (Å²) < 4.78 is 10.8. The number of carbonyl (C=O) groups is 1. The Bertz CT molecular complexity index is 767. The van der Waals surface area contributed by atoms with Gasteiger partial charge >= 0.3 is 0 Å². The number of hydrogen-bond acceptors (Lipinski definition) is 3. The molecule has 3 rings (SSSR count). The normalized spacial score (nSPS) is 15.5. The molecule has 1 fully saturated rings. The molecular formula is C21H24ClNO3. The number of methoxy groups -OCH3 is 2. The van der Waals surface area contributed by atoms with E-state index in [-0.39, 0.29) is 5.91 Å². The molecule has 1 aliphatic carbocycles. The highest BCUT2D eigenvalue weighted by Crippen LogP contribution is 2.44. The van der Waals surface area contributed by atoms with Crippen LogP contribution in [0, 0.1) is 0 Å². The number of benzene rings is 2. The highest BCUT2D eigenvalue weighted by molar-refractivity contribution is 6.30. The number of halogens is 1. The van der Waals surface area contributed by atoms with Crippen LogP contribution in [-0.2, 0) is 16.8 Å². The van der Waals surface area contributed by atoms with Crippen molar-refractivity contribution in [3.63, 3.8) is 0 Å². The van der Waals surface area contributed by atoms with Gasteiger partial charge in [-0.3, -0.25) is 4.79 Å². The van der Waals surface area contributed by atoms with Crippen LogP contribution >= 0.6 is 11.6 Å². The summed E-state index contributed by atoms with van der Waals surface area (Å²) >= 11 is 5.92. The lowest BCUT2D eigenvalue weighted by Gasteiger charge is -2.29. The van der Waals surface area contributed by atoms with Crippen molar-refractivity contribution < 1.29 is 14.3 Å². The van der Waals surface area contributed by atoms with E-state index in [2.05, 4.69) is 5.32 Å². The minimum atomic E-state index is -0.508. The Kier molecular flexibility index (Phi) is 5.72. The lowest BCUT2D eigenvalue weighted by molar-refractivity contribution is -0.126. The molecule has 0 aromatic heterocycles. The molecule has 1 aliphatic rings. The maximum Gasteiger partial charge on any atom is 0.230 e. The summed E-state index contributed by atoms with van der Waals surface area (Å²) in [6.07, 6.45) is 3.77. The lowest BCUT2D eigenvalue weighted by Crippen LogP contribution is -2.42. The van der Waals surface area contributed by atoms with E-state index < -0.39 is 5.41 Å². The van der Waals surface area contributed by atoms with Gasteiger partial charge in [-0.2, -0.15) is 0 Å². The molecular weight excluding hydrogens is 350 g/mol. The monoisotopic (exact) mass is 373 g/mol. The van der Waals surface area contributed by atoms with Gasteiger partial charge in [0.05, 0.1) is 19.6 Å². The third-order valence-corrected chi connectivity index (χ3v) is 5.45. The molecule has 0 spiro atoms. The first-order valence-corrected chi connectivity index (χ1v) is 9.22. The molecule has 5 heteroatoms. The molecule has 4 nitrogen and oxygen atoms in total. The Morgan fingerprint density at radius 3 is 2.31 bits per heavy atom. The fraction of sp³-hybridized carbons (Fsp3) is 0.381. The maximum absolute atomic E-state index is 13.2. The van der Waals surface area contributed by atoms with Crippen LogP contribution in [0.3, 0.4) is 0 Å². The van der Waals surface area contributed by atoms with E-state index in [9.17, 15) is 4.79 Å². The third-order valence-electron chi connectivity index (χ3n) is 5.19. The van der Waals surface area contributed by atoms with Crippen molar-refractivity contribution in [2.24, 2.45) is 0 Å². The summed E-state index contributed by atoms with van der Waals surface area (Å²) in [5, 5.41) is 3.80. The molecule has 0 bridgehead atoms. The molecule has 2 aromatic rings. The van der Waals surface area contributed by atoms with Gasteiger partial charge in [0.2, 0.25) is 5.91 Å². The quantitative estimate of drug-likeness (QED) is 0.811. The van der Waals surface area contributed by atoms with Crippen LogP contribution in [0.5, 0.6) is 11.5 Å². The summed E-state index contributed by atoms with van der Waals surface area (Å²) in [6.45, 7) is 0.491. The van der Waals surface area contributed by atoms with Gasteiger partial charge in [0.25, 0.3) is 0 Å². The van der Waals surface area contributed by atoms with Crippen molar-refractivity contribution in [1.29, 1.82) is 0 Å². The number of ether oxygens (including phenoxy) is 2. The molecule has 1 saturated carbocycles. The minimum Gasteiger partial charge on any atom is -0.493 e. The molecule has 1 amide bonds. The number of rotatable bonds is 6. The zero-order valence-electron chi connectivity index (χ0n) is 15.2. The van der Waals surface area contributed by atoms with Crippen LogP contribution in [0.2, 0.25) is 5.02 Å². The average molecular weight is 374 g/mol. The number of carbonyl (C=O) groups excluding carboxylic acids is 1. The van der Waals surface area contributed by atoms with Gasteiger partial charge in [0.15, 0.2) is 11.5 Å². The Labute approximate surface area is 159 Å². The van der Waals surface area contributed by atoms with E-state index in [1.165, 1.54) is 0 Å². The molecule has 0 radical (unpaired) electrons. The topological polar surface area (TPSA) is 47.6 Å². The molecule has 1 N–H and O–H groups in total. The standard InChI is InChI=1S/C21H24ClNO3/c1-25-18-10-7-16(13-19(18)26-2)21(11-3-4-12-21)20(24)23-14-15-5-8-17(22)9-6-15/h5-10,13H,3-4,11-12,14H2,1-2H3,(H,23,24). The van der Waals surface area contributed by atoms with Crippen molar-refractivity contribution >= 4 is 17.5 Å². The fourth-order valence-corrected chi connectivity index (χ4v) is 3.84. The van der Waals surface area contributed by atoms with Crippen LogP contribution in [0.1, 0.15) is 36.8 Å². The number of nitrogens with one attached hydrogen (secondary N) is 1. The fourth-order valence-electron chi connectivity index (χ4n) is 3.71. The lowest BCUT2D eigenvalue weighted by atomic mass is 9.77. The number of amides is 1. The largest absolute Gasteiger partial charge is 0.493 e. The van der Waals surface area contributed by atoms with E-state index in [0.29, 0.717) is 23.1 Å². The first-order chi connectivity index (χ1) is 12.6. The highest BCUT2D eigenvalue weighted by atomic mass is 35.5. The van der Waals surface area contributed by atoms with Crippen LogP contribution < -0.4 is 14.8 Å². The van der Waals surface area contributed by atoms with Crippen molar-refractivity contribution in [2.75, 3.05) is 14.2 Å². The van der Waals surface area contributed by atoms with Gasteiger partial charge in [-0.15, -0.1) is 0 Å². The van der Waals surface area contributed by atoms with Crippen molar-refractivity contribution in [1.82, 2.24) is 5.32 Å². The van der Waals surface area contributed by atoms with Crippen LogP contribution in [0.25, 0.3) is 0 Å². The van der Waals surface area contributed by atoms with Crippen LogP contribution in [0.4, 0.5) is 0 Å². The van der Waals surface area contributed by atoms with E-state index >= 15 is 0 Å². The predicted octanol–water partition coefficient (Wildman–Crippen LogP) is 4.49. The van der Waals surface area contributed by atoms with Crippen LogP contribution in [-0.4, -0.2) is 20.1 Å². The summed E-state index contributed by atoms with van der Waals surface area (Å²) in [6, 6.07) is 13.3. The molecule has 26 heavy (non-hydrogen) atoms. The number of hydrogen-bond donors (Lipinski definition) is 1. The molecule has 2 aromatic carbocycles. The highest BCUT2D eigenvalue weighted by Gasteiger charge is 2.42. The zero-order valence-corrected chi connectivity index (χ0v) is 15.9. The van der Waals surface area contributed by atoms with Crippen molar-refractivity contribution in [2.45, 2.75) is 37.6 Å². The van der Waals surface area contributed by atoms with Gasteiger partial charge in [-0.05, 0) is 48.2 Å². The van der Waals surface area contributed by atoms with Gasteiger partial charge < -0.3 is 14.8 Å². The molecule has 0 atom stereocenters. The summed E-state index contributed by atoms with van der Waals surface area (Å²) in [5.74, 6) is 1.39. The third kappa shape index (κ3) is 3.65. The van der Waals surface area contributed by atoms with Crippen LogP contribution in [0.15, 0.2) is 42.5 Å². The van der Waals surface area contributed by atoms with Gasteiger partial charge in [-0.25, -0.2) is 0 Å².